The van der Waals surface area contributed by atoms with Crippen molar-refractivity contribution in [3.8, 4) is 5.75 Å². The fraction of sp³-hybridized carbons (Fsp3) is 0.533. The number of rotatable bonds is 6. The maximum absolute atomic E-state index is 12.3. The van der Waals surface area contributed by atoms with Crippen molar-refractivity contribution < 1.29 is 28.2 Å². The van der Waals surface area contributed by atoms with E-state index in [9.17, 15) is 13.6 Å². The molecule has 1 fully saturated rings. The lowest BCUT2D eigenvalue weighted by Gasteiger charge is -2.26. The molecule has 0 radical (unpaired) electrons. The highest BCUT2D eigenvalue weighted by Gasteiger charge is 2.26. The van der Waals surface area contributed by atoms with Crippen molar-refractivity contribution in [2.24, 2.45) is 5.92 Å². The quantitative estimate of drug-likeness (QED) is 0.874. The van der Waals surface area contributed by atoms with Crippen LogP contribution in [0.2, 0.25) is 0 Å². The number of carboxylic acid groups (broad SMARTS) is 1. The van der Waals surface area contributed by atoms with Crippen LogP contribution in [-0.4, -0.2) is 23.8 Å². The molecule has 0 amide bonds. The molecule has 0 atom stereocenters. The first-order valence-electron chi connectivity index (χ1n) is 6.93. The molecule has 1 aliphatic carbocycles. The molecule has 1 N–H and O–H groups in total. The first-order valence-corrected chi connectivity index (χ1v) is 6.93. The van der Waals surface area contributed by atoms with E-state index in [0.29, 0.717) is 31.2 Å². The van der Waals surface area contributed by atoms with Crippen molar-refractivity contribution in [1.29, 1.82) is 0 Å². The van der Waals surface area contributed by atoms with Crippen LogP contribution in [-0.2, 0) is 16.1 Å². The van der Waals surface area contributed by atoms with Gasteiger partial charge in [-0.05, 0) is 31.7 Å². The highest BCUT2D eigenvalue weighted by molar-refractivity contribution is 5.70. The van der Waals surface area contributed by atoms with E-state index in [2.05, 4.69) is 4.74 Å². The zero-order valence-electron chi connectivity index (χ0n) is 11.5. The van der Waals surface area contributed by atoms with Crippen molar-refractivity contribution in [3.05, 3.63) is 29.8 Å². The molecular formula is C15H18F2O4. The molecule has 21 heavy (non-hydrogen) atoms. The summed E-state index contributed by atoms with van der Waals surface area (Å²) in [4.78, 5) is 10.9. The topological polar surface area (TPSA) is 55.8 Å². The van der Waals surface area contributed by atoms with E-state index in [1.54, 1.807) is 18.2 Å². The number of ether oxygens (including phenoxy) is 2. The molecule has 6 heteroatoms. The van der Waals surface area contributed by atoms with Crippen LogP contribution in [0.15, 0.2) is 24.3 Å². The molecule has 0 heterocycles. The van der Waals surface area contributed by atoms with Gasteiger partial charge in [0.2, 0.25) is 0 Å². The Morgan fingerprint density at radius 3 is 2.52 bits per heavy atom. The zero-order valence-corrected chi connectivity index (χ0v) is 11.5. The Kier molecular flexibility index (Phi) is 5.50. The van der Waals surface area contributed by atoms with Gasteiger partial charge in [0.05, 0.1) is 18.6 Å². The van der Waals surface area contributed by atoms with E-state index < -0.39 is 12.6 Å². The number of benzene rings is 1. The van der Waals surface area contributed by atoms with Gasteiger partial charge in [-0.1, -0.05) is 18.2 Å². The Hall–Kier alpha value is -1.69. The van der Waals surface area contributed by atoms with Gasteiger partial charge >= 0.3 is 12.6 Å². The number of hydrogen-bond donors (Lipinski definition) is 1. The molecule has 0 aromatic heterocycles. The summed E-state index contributed by atoms with van der Waals surface area (Å²) in [5.74, 6) is -0.935. The van der Waals surface area contributed by atoms with Gasteiger partial charge in [0.15, 0.2) is 0 Å². The van der Waals surface area contributed by atoms with Gasteiger partial charge in [0.1, 0.15) is 5.75 Å². The highest BCUT2D eigenvalue weighted by Crippen LogP contribution is 2.28. The van der Waals surface area contributed by atoms with Crippen molar-refractivity contribution >= 4 is 5.97 Å². The summed E-state index contributed by atoms with van der Waals surface area (Å²) in [6, 6.07) is 6.52. The third-order valence-electron chi connectivity index (χ3n) is 3.69. The lowest BCUT2D eigenvalue weighted by Crippen LogP contribution is -2.26. The van der Waals surface area contributed by atoms with E-state index in [1.807, 2.05) is 0 Å². The number of halogens is 2. The van der Waals surface area contributed by atoms with Gasteiger partial charge in [-0.25, -0.2) is 0 Å². The van der Waals surface area contributed by atoms with Gasteiger partial charge < -0.3 is 14.6 Å². The summed E-state index contributed by atoms with van der Waals surface area (Å²) in [5.41, 5.74) is 0.568. The Labute approximate surface area is 121 Å². The van der Waals surface area contributed by atoms with Crippen LogP contribution in [0.1, 0.15) is 31.2 Å². The predicted molar refractivity (Wildman–Crippen MR) is 71.2 cm³/mol. The molecular weight excluding hydrogens is 282 g/mol. The van der Waals surface area contributed by atoms with Crippen molar-refractivity contribution in [3.63, 3.8) is 0 Å². The largest absolute Gasteiger partial charge is 0.481 e. The van der Waals surface area contributed by atoms with Crippen molar-refractivity contribution in [2.75, 3.05) is 0 Å². The normalized spacial score (nSPS) is 22.2. The number of para-hydroxylation sites is 1. The minimum Gasteiger partial charge on any atom is -0.481 e. The third-order valence-corrected chi connectivity index (χ3v) is 3.69. The van der Waals surface area contributed by atoms with Crippen LogP contribution in [0.5, 0.6) is 5.75 Å². The lowest BCUT2D eigenvalue weighted by molar-refractivity contribution is -0.143. The van der Waals surface area contributed by atoms with Gasteiger partial charge in [0.25, 0.3) is 0 Å². The van der Waals surface area contributed by atoms with E-state index in [0.717, 1.165) is 0 Å². The number of alkyl halides is 2. The number of aliphatic carboxylic acids is 1. The summed E-state index contributed by atoms with van der Waals surface area (Å²) in [6.07, 6.45) is 2.51. The smallest absolute Gasteiger partial charge is 0.387 e. The van der Waals surface area contributed by atoms with Gasteiger partial charge in [-0.15, -0.1) is 0 Å². The summed E-state index contributed by atoms with van der Waals surface area (Å²) < 4.78 is 34.7. The molecule has 1 aromatic rings. The molecule has 4 nitrogen and oxygen atoms in total. The standard InChI is InChI=1S/C15H18F2O4/c16-15(17)21-13-4-2-1-3-11(13)9-20-12-7-5-10(6-8-12)14(18)19/h1-4,10,12,15H,5-9H2,(H,18,19). The first kappa shape index (κ1) is 15.7. The maximum Gasteiger partial charge on any atom is 0.387 e. The lowest BCUT2D eigenvalue weighted by atomic mass is 9.87. The van der Waals surface area contributed by atoms with Gasteiger partial charge in [0, 0.05) is 5.56 Å². The fourth-order valence-corrected chi connectivity index (χ4v) is 2.52. The van der Waals surface area contributed by atoms with E-state index in [4.69, 9.17) is 9.84 Å². The van der Waals surface area contributed by atoms with Crippen LogP contribution in [0.3, 0.4) is 0 Å². The molecule has 1 aromatic carbocycles. The summed E-state index contributed by atoms with van der Waals surface area (Å²) in [5, 5.41) is 8.92. The average Bonchev–Trinajstić information content (AvgIpc) is 2.46. The monoisotopic (exact) mass is 300 g/mol. The maximum atomic E-state index is 12.3. The molecule has 0 saturated heterocycles. The second-order valence-corrected chi connectivity index (χ2v) is 5.11. The van der Waals surface area contributed by atoms with Crippen LogP contribution < -0.4 is 4.74 Å². The van der Waals surface area contributed by atoms with Crippen molar-refractivity contribution in [2.45, 2.75) is 45.0 Å². The van der Waals surface area contributed by atoms with Gasteiger partial charge in [-0.3, -0.25) is 4.79 Å². The Morgan fingerprint density at radius 2 is 1.90 bits per heavy atom. The SMILES string of the molecule is O=C(O)C1CCC(OCc2ccccc2OC(F)F)CC1. The van der Waals surface area contributed by atoms with Crippen LogP contribution in [0.4, 0.5) is 8.78 Å². The first-order chi connectivity index (χ1) is 10.1. The molecule has 0 unspecified atom stereocenters. The Balaban J connectivity index is 1.85. The molecule has 116 valence electrons. The second-order valence-electron chi connectivity index (χ2n) is 5.11. The average molecular weight is 300 g/mol. The number of hydrogen-bond acceptors (Lipinski definition) is 3. The number of carboxylic acids is 1. The van der Waals surface area contributed by atoms with Gasteiger partial charge in [-0.2, -0.15) is 8.78 Å². The molecule has 1 aliphatic rings. The predicted octanol–water partition coefficient (Wildman–Crippen LogP) is 3.45. The molecule has 2 rings (SSSR count). The molecule has 1 saturated carbocycles. The Bertz CT molecular complexity index is 470. The van der Waals surface area contributed by atoms with Crippen molar-refractivity contribution in [1.82, 2.24) is 0 Å². The van der Waals surface area contributed by atoms with Crippen LogP contribution >= 0.6 is 0 Å². The summed E-state index contributed by atoms with van der Waals surface area (Å²) in [7, 11) is 0. The fourth-order valence-electron chi connectivity index (χ4n) is 2.52. The number of carbonyl (C=O) groups is 1. The molecule has 0 spiro atoms. The van der Waals surface area contributed by atoms with E-state index in [-0.39, 0.29) is 24.4 Å². The Morgan fingerprint density at radius 1 is 1.24 bits per heavy atom. The van der Waals surface area contributed by atoms with Crippen LogP contribution in [0.25, 0.3) is 0 Å². The third kappa shape index (κ3) is 4.67. The molecule has 0 bridgehead atoms. The second kappa shape index (κ2) is 7.36. The minimum atomic E-state index is -2.86. The summed E-state index contributed by atoms with van der Waals surface area (Å²) in [6.45, 7) is -2.68. The highest BCUT2D eigenvalue weighted by atomic mass is 19.3. The molecule has 0 aliphatic heterocycles. The van der Waals surface area contributed by atoms with E-state index >= 15 is 0 Å². The summed E-state index contributed by atoms with van der Waals surface area (Å²) >= 11 is 0. The zero-order chi connectivity index (χ0) is 15.2. The van der Waals surface area contributed by atoms with Crippen LogP contribution in [0, 0.1) is 5.92 Å². The van der Waals surface area contributed by atoms with E-state index in [1.165, 1.54) is 6.07 Å². The minimum absolute atomic E-state index is 0.0276.